The van der Waals surface area contributed by atoms with Gasteiger partial charge in [-0.05, 0) is 51.4 Å². The summed E-state index contributed by atoms with van der Waals surface area (Å²) in [5.41, 5.74) is 0. The third-order valence-corrected chi connectivity index (χ3v) is 8.83. The number of carbonyl (C=O) groups excluding carboxylic acids is 2. The number of phosphoric ester groups is 1. The van der Waals surface area contributed by atoms with Crippen LogP contribution in [0.2, 0.25) is 0 Å². The lowest BCUT2D eigenvalue weighted by atomic mass is 10.1. The van der Waals surface area contributed by atoms with Crippen LogP contribution in [0.5, 0.6) is 0 Å². The summed E-state index contributed by atoms with van der Waals surface area (Å²) in [5.74, 6) is -0.842. The van der Waals surface area contributed by atoms with Gasteiger partial charge in [0, 0.05) is 12.8 Å². The fraction of sp³-hybridized carbons (Fsp3) is 0.750. The molecule has 9 nitrogen and oxygen atoms in total. The van der Waals surface area contributed by atoms with Gasteiger partial charge in [0.15, 0.2) is 6.10 Å². The number of quaternary nitrogens is 1. The Bertz CT molecular complexity index is 1000. The summed E-state index contributed by atoms with van der Waals surface area (Å²) >= 11 is 0. The Labute approximate surface area is 305 Å². The van der Waals surface area contributed by atoms with Crippen molar-refractivity contribution >= 4 is 19.8 Å². The number of nitrogens with zero attached hydrogens (tertiary/aromatic N) is 1. The Balaban J connectivity index is 4.45. The molecule has 0 spiro atoms. The Morgan fingerprint density at radius 3 is 1.68 bits per heavy atom. The summed E-state index contributed by atoms with van der Waals surface area (Å²) in [5, 5.41) is 0. The molecule has 2 atom stereocenters. The normalized spacial score (nSPS) is 14.3. The number of rotatable bonds is 34. The molecular formula is C40H73NO8P+. The summed E-state index contributed by atoms with van der Waals surface area (Å²) in [6.45, 7) is 4.27. The van der Waals surface area contributed by atoms with Crippen LogP contribution in [-0.2, 0) is 32.7 Å². The Kier molecular flexibility index (Phi) is 31.5. The fourth-order valence-electron chi connectivity index (χ4n) is 4.77. The van der Waals surface area contributed by atoms with E-state index in [1.165, 1.54) is 38.5 Å². The van der Waals surface area contributed by atoms with E-state index in [1.807, 2.05) is 21.1 Å². The van der Waals surface area contributed by atoms with Gasteiger partial charge in [0.2, 0.25) is 0 Å². The largest absolute Gasteiger partial charge is 0.472 e. The van der Waals surface area contributed by atoms with Crippen LogP contribution in [0.3, 0.4) is 0 Å². The van der Waals surface area contributed by atoms with Crippen molar-refractivity contribution in [3.8, 4) is 0 Å². The predicted molar refractivity (Wildman–Crippen MR) is 206 cm³/mol. The molecule has 0 amide bonds. The average molecular weight is 727 g/mol. The van der Waals surface area contributed by atoms with Gasteiger partial charge >= 0.3 is 19.8 Å². The molecule has 0 fully saturated rings. The molecule has 0 heterocycles. The molecule has 0 aliphatic heterocycles. The van der Waals surface area contributed by atoms with Crippen LogP contribution in [0.15, 0.2) is 48.6 Å². The van der Waals surface area contributed by atoms with Crippen LogP contribution in [0.4, 0.5) is 0 Å². The van der Waals surface area contributed by atoms with E-state index in [-0.39, 0.29) is 26.1 Å². The molecule has 0 saturated carbocycles. The molecule has 0 aliphatic carbocycles. The minimum Gasteiger partial charge on any atom is -0.462 e. The van der Waals surface area contributed by atoms with E-state index in [4.69, 9.17) is 18.5 Å². The number of hydrogen-bond donors (Lipinski definition) is 1. The third kappa shape index (κ3) is 35.8. The number of hydrogen-bond acceptors (Lipinski definition) is 7. The average Bonchev–Trinajstić information content (AvgIpc) is 3.06. The van der Waals surface area contributed by atoms with E-state index < -0.39 is 32.5 Å². The van der Waals surface area contributed by atoms with E-state index in [0.29, 0.717) is 23.9 Å². The monoisotopic (exact) mass is 727 g/mol. The van der Waals surface area contributed by atoms with Crippen molar-refractivity contribution in [2.75, 3.05) is 47.5 Å². The van der Waals surface area contributed by atoms with Crippen molar-refractivity contribution in [2.45, 2.75) is 148 Å². The van der Waals surface area contributed by atoms with Gasteiger partial charge in [0.05, 0.1) is 27.7 Å². The molecule has 10 heteroatoms. The second-order valence-corrected chi connectivity index (χ2v) is 15.4. The van der Waals surface area contributed by atoms with Gasteiger partial charge in [-0.25, -0.2) is 4.57 Å². The molecule has 1 N–H and O–H groups in total. The lowest BCUT2D eigenvalue weighted by molar-refractivity contribution is -0.870. The van der Waals surface area contributed by atoms with Crippen molar-refractivity contribution in [1.29, 1.82) is 0 Å². The highest BCUT2D eigenvalue weighted by Gasteiger charge is 2.27. The van der Waals surface area contributed by atoms with Crippen LogP contribution < -0.4 is 0 Å². The zero-order valence-corrected chi connectivity index (χ0v) is 33.3. The highest BCUT2D eigenvalue weighted by Crippen LogP contribution is 2.43. The Hall–Kier alpha value is -2.03. The van der Waals surface area contributed by atoms with Crippen LogP contribution in [-0.4, -0.2) is 74.9 Å². The summed E-state index contributed by atoms with van der Waals surface area (Å²) < 4.78 is 34.1. The maximum atomic E-state index is 12.6. The molecule has 0 bridgehead atoms. The highest BCUT2D eigenvalue weighted by atomic mass is 31.2. The van der Waals surface area contributed by atoms with E-state index in [9.17, 15) is 19.0 Å². The molecule has 0 rings (SSSR count). The van der Waals surface area contributed by atoms with Crippen molar-refractivity contribution < 1.29 is 42.1 Å². The van der Waals surface area contributed by atoms with Gasteiger partial charge in [-0.15, -0.1) is 0 Å². The minimum absolute atomic E-state index is 0.0254. The number of esters is 2. The summed E-state index contributed by atoms with van der Waals surface area (Å²) in [7, 11) is 1.45. The van der Waals surface area contributed by atoms with Gasteiger partial charge in [-0.3, -0.25) is 18.6 Å². The molecule has 0 aliphatic rings. The first-order valence-corrected chi connectivity index (χ1v) is 20.9. The summed E-state index contributed by atoms with van der Waals surface area (Å²) in [4.78, 5) is 35.1. The first-order chi connectivity index (χ1) is 24.0. The fourth-order valence-corrected chi connectivity index (χ4v) is 5.51. The van der Waals surface area contributed by atoms with Gasteiger partial charge < -0.3 is 18.9 Å². The molecule has 290 valence electrons. The van der Waals surface area contributed by atoms with Crippen LogP contribution in [0.25, 0.3) is 0 Å². The highest BCUT2D eigenvalue weighted by molar-refractivity contribution is 7.47. The maximum Gasteiger partial charge on any atom is 0.472 e. The van der Waals surface area contributed by atoms with Crippen LogP contribution in [0.1, 0.15) is 142 Å². The van der Waals surface area contributed by atoms with Crippen molar-refractivity contribution in [1.82, 2.24) is 0 Å². The number of phosphoric acid groups is 1. The number of likely N-dealkylation sites (N-methyl/N-ethyl adjacent to an activating group) is 1. The molecule has 0 aromatic rings. The third-order valence-electron chi connectivity index (χ3n) is 7.84. The zero-order chi connectivity index (χ0) is 37.2. The SMILES string of the molecule is CCC/C=C/C/C=C/C/C=C/C/C=C/CCCCCC(=O)OC[C@@H](COP(=O)(O)OCC[N+](C)(C)C)OC(=O)CCCCCCCCCCC. The second-order valence-electron chi connectivity index (χ2n) is 14.0. The zero-order valence-electron chi connectivity index (χ0n) is 32.4. The minimum atomic E-state index is -4.37. The standard InChI is InChI=1S/C40H72NO8P/c1-6-8-10-12-14-16-17-18-19-20-21-22-23-25-26-28-30-32-39(42)46-36-38(37-48-50(44,45)47-35-34-41(3,4)5)49-40(43)33-31-29-27-24-15-13-11-9-7-2/h10,12,16-17,19-20,22-23,38H,6-9,11,13-15,18,21,24-37H2,1-5H3/p+1/b12-10+,17-16+,20-19+,23-22+/t38-/m0/s1. The molecule has 0 aromatic carbocycles. The Morgan fingerprint density at radius 1 is 0.620 bits per heavy atom. The molecule has 1 unspecified atom stereocenters. The predicted octanol–water partition coefficient (Wildman–Crippen LogP) is 10.3. The van der Waals surface area contributed by atoms with Crippen molar-refractivity contribution in [2.24, 2.45) is 0 Å². The molecular weight excluding hydrogens is 653 g/mol. The van der Waals surface area contributed by atoms with Crippen LogP contribution in [0, 0.1) is 0 Å². The summed E-state index contributed by atoms with van der Waals surface area (Å²) in [6, 6.07) is 0. The van der Waals surface area contributed by atoms with Gasteiger partial charge in [-0.1, -0.05) is 127 Å². The van der Waals surface area contributed by atoms with Gasteiger partial charge in [0.1, 0.15) is 19.8 Å². The first kappa shape index (κ1) is 48.0. The summed E-state index contributed by atoms with van der Waals surface area (Å²) in [6.07, 6.45) is 35.9. The Morgan fingerprint density at radius 2 is 1.12 bits per heavy atom. The smallest absolute Gasteiger partial charge is 0.462 e. The van der Waals surface area contributed by atoms with E-state index in [2.05, 4.69) is 62.5 Å². The number of unbranched alkanes of at least 4 members (excludes halogenated alkanes) is 12. The van der Waals surface area contributed by atoms with Crippen molar-refractivity contribution in [3.05, 3.63) is 48.6 Å². The van der Waals surface area contributed by atoms with E-state index in [0.717, 1.165) is 64.2 Å². The molecule has 0 saturated heterocycles. The van der Waals surface area contributed by atoms with Crippen molar-refractivity contribution in [3.63, 3.8) is 0 Å². The van der Waals surface area contributed by atoms with Gasteiger partial charge in [-0.2, -0.15) is 0 Å². The first-order valence-electron chi connectivity index (χ1n) is 19.4. The maximum absolute atomic E-state index is 12.6. The second kappa shape index (κ2) is 32.8. The lowest BCUT2D eigenvalue weighted by Crippen LogP contribution is -2.37. The molecule has 0 aromatic heterocycles. The van der Waals surface area contributed by atoms with Crippen LogP contribution >= 0.6 is 7.82 Å². The number of allylic oxidation sites excluding steroid dienone is 8. The lowest BCUT2D eigenvalue weighted by Gasteiger charge is -2.24. The molecule has 50 heavy (non-hydrogen) atoms. The van der Waals surface area contributed by atoms with E-state index in [1.54, 1.807) is 0 Å². The number of carbonyl (C=O) groups is 2. The molecule has 0 radical (unpaired) electrons. The topological polar surface area (TPSA) is 108 Å². The van der Waals surface area contributed by atoms with E-state index >= 15 is 0 Å². The number of ether oxygens (including phenoxy) is 2. The van der Waals surface area contributed by atoms with Gasteiger partial charge in [0.25, 0.3) is 0 Å². The quantitative estimate of drug-likeness (QED) is 0.0230.